The highest BCUT2D eigenvalue weighted by atomic mass is 16.5. The summed E-state index contributed by atoms with van der Waals surface area (Å²) in [7, 11) is 1.67. The lowest BCUT2D eigenvalue weighted by atomic mass is 9.73. The molecule has 6 rings (SSSR count). The number of hydrogen-bond acceptors (Lipinski definition) is 4. The summed E-state index contributed by atoms with van der Waals surface area (Å²) >= 11 is 0. The summed E-state index contributed by atoms with van der Waals surface area (Å²) < 4.78 is 12.1. The summed E-state index contributed by atoms with van der Waals surface area (Å²) in [5, 5.41) is 0.984. The van der Waals surface area contributed by atoms with Crippen LogP contribution in [-0.4, -0.2) is 37.2 Å². The summed E-state index contributed by atoms with van der Waals surface area (Å²) in [5.74, 6) is 1.97. The first-order chi connectivity index (χ1) is 18.4. The predicted molar refractivity (Wildman–Crippen MR) is 151 cm³/mol. The number of carbonyl (C=O) groups excluding carboxylic acids is 1. The Morgan fingerprint density at radius 1 is 1.16 bits per heavy atom. The minimum atomic E-state index is -0.355. The lowest BCUT2D eigenvalue weighted by Crippen LogP contribution is -3.20. The molecule has 3 saturated heterocycles. The van der Waals surface area contributed by atoms with Crippen molar-refractivity contribution in [2.24, 2.45) is 17.8 Å². The van der Waals surface area contributed by atoms with E-state index in [4.69, 9.17) is 9.47 Å². The van der Waals surface area contributed by atoms with E-state index in [1.54, 1.807) is 7.11 Å². The summed E-state index contributed by atoms with van der Waals surface area (Å²) in [6, 6.07) is 16.6. The van der Waals surface area contributed by atoms with E-state index in [0.29, 0.717) is 17.8 Å². The van der Waals surface area contributed by atoms with Gasteiger partial charge in [-0.1, -0.05) is 44.2 Å². The average Bonchev–Trinajstić information content (AvgIpc) is 2.95. The number of quaternary nitrogens is 1. The Hall–Kier alpha value is -3.18. The number of nitrogens with zero attached hydrogens (tertiary/aromatic N) is 1. The number of nitrogens with one attached hydrogen (secondary N) is 1. The van der Waals surface area contributed by atoms with Gasteiger partial charge in [0.1, 0.15) is 11.8 Å². The smallest absolute Gasteiger partial charge is 0.313 e. The van der Waals surface area contributed by atoms with Crippen molar-refractivity contribution < 1.29 is 19.2 Å². The number of benzene rings is 2. The number of piperidine rings is 3. The van der Waals surface area contributed by atoms with Gasteiger partial charge in [-0.15, -0.1) is 6.58 Å². The van der Waals surface area contributed by atoms with Crippen LogP contribution >= 0.6 is 0 Å². The number of fused-ring (bicyclic) bond motifs is 4. The first-order valence-electron chi connectivity index (χ1n) is 14.1. The number of rotatable bonds is 9. The molecule has 3 aromatic rings. The third-order valence-corrected chi connectivity index (χ3v) is 8.70. The molecule has 0 aliphatic carbocycles. The normalized spacial score (nSPS) is 24.2. The van der Waals surface area contributed by atoms with Crippen LogP contribution in [0.25, 0.3) is 10.9 Å². The molecule has 3 aliphatic heterocycles. The first kappa shape index (κ1) is 26.4. The van der Waals surface area contributed by atoms with Crippen molar-refractivity contribution in [1.29, 1.82) is 0 Å². The van der Waals surface area contributed by atoms with Gasteiger partial charge >= 0.3 is 5.97 Å². The van der Waals surface area contributed by atoms with E-state index in [-0.39, 0.29) is 24.0 Å². The zero-order valence-electron chi connectivity index (χ0n) is 23.2. The Bertz CT molecular complexity index is 1290. The molecule has 0 amide bonds. The molecule has 1 N–H and O–H groups in total. The number of hydrogen-bond donors (Lipinski definition) is 1. The largest absolute Gasteiger partial charge is 0.497 e. The van der Waals surface area contributed by atoms with Gasteiger partial charge in [0.2, 0.25) is 0 Å². The second-order valence-electron chi connectivity index (χ2n) is 11.6. The highest BCUT2D eigenvalue weighted by Crippen LogP contribution is 2.37. The Kier molecular flexibility index (Phi) is 7.85. The Morgan fingerprint density at radius 3 is 2.61 bits per heavy atom. The van der Waals surface area contributed by atoms with E-state index in [9.17, 15) is 4.79 Å². The lowest BCUT2D eigenvalue weighted by molar-refractivity contribution is -0.949. The molecule has 5 heteroatoms. The van der Waals surface area contributed by atoms with Crippen LogP contribution in [0.1, 0.15) is 62.3 Å². The molecule has 0 saturated carbocycles. The van der Waals surface area contributed by atoms with Gasteiger partial charge in [-0.3, -0.25) is 9.78 Å². The number of pyridine rings is 1. The van der Waals surface area contributed by atoms with Crippen LogP contribution in [0.2, 0.25) is 0 Å². The standard InChI is InChI=1S/C33H40N2O3/c1-6-24-20-35-16-14-26(24)18-31(35)32(28-13-15-34-30-12-11-27(37-5)19-29(28)30)38-33(36)22(4)25-9-7-23(8-10-25)17-21(2)3/h6-13,15,19,21-22,24,26,31-32H,1,14,16-18,20H2,2-5H3/p+1/t22-,24+,26+,31-,32+/m1/s1. The van der Waals surface area contributed by atoms with Gasteiger partial charge in [0.25, 0.3) is 0 Å². The lowest BCUT2D eigenvalue weighted by Gasteiger charge is -2.48. The summed E-state index contributed by atoms with van der Waals surface area (Å²) in [5.41, 5.74) is 4.19. The van der Waals surface area contributed by atoms with Crippen LogP contribution in [0.4, 0.5) is 0 Å². The summed E-state index contributed by atoms with van der Waals surface area (Å²) in [6.45, 7) is 12.6. The minimum Gasteiger partial charge on any atom is -0.497 e. The van der Waals surface area contributed by atoms with Gasteiger partial charge in [-0.2, -0.15) is 0 Å². The van der Waals surface area contributed by atoms with E-state index in [1.807, 2.05) is 37.4 Å². The second-order valence-corrected chi connectivity index (χ2v) is 11.6. The fraction of sp³-hybridized carbons (Fsp3) is 0.455. The molecule has 2 bridgehead atoms. The van der Waals surface area contributed by atoms with Gasteiger partial charge in [-0.05, 0) is 60.6 Å². The Morgan fingerprint density at radius 2 is 1.95 bits per heavy atom. The maximum atomic E-state index is 13.7. The summed E-state index contributed by atoms with van der Waals surface area (Å²) in [6.07, 6.45) is 6.86. The van der Waals surface area contributed by atoms with Crippen LogP contribution in [0.5, 0.6) is 5.75 Å². The molecule has 1 unspecified atom stereocenters. The maximum absolute atomic E-state index is 13.7. The molecule has 0 spiro atoms. The molecule has 38 heavy (non-hydrogen) atoms. The van der Waals surface area contributed by atoms with E-state index < -0.39 is 0 Å². The number of esters is 1. The monoisotopic (exact) mass is 513 g/mol. The molecular weight excluding hydrogens is 472 g/mol. The fourth-order valence-electron chi connectivity index (χ4n) is 6.55. The molecule has 0 radical (unpaired) electrons. The zero-order valence-corrected chi connectivity index (χ0v) is 23.2. The molecule has 1 aromatic heterocycles. The van der Waals surface area contributed by atoms with Gasteiger partial charge in [0.05, 0.1) is 31.6 Å². The van der Waals surface area contributed by atoms with Crippen molar-refractivity contribution in [1.82, 2.24) is 4.98 Å². The van der Waals surface area contributed by atoms with Crippen LogP contribution < -0.4 is 9.64 Å². The SMILES string of the molecule is C=C[C@H]1C[NH+]2CC[C@H]1C[C@@H]2[C@@H](OC(=O)[C@H](C)c1ccc(CC(C)C)cc1)c1ccnc2ccc(OC)cc12. The third-order valence-electron chi connectivity index (χ3n) is 8.70. The van der Waals surface area contributed by atoms with Crippen LogP contribution in [-0.2, 0) is 16.0 Å². The van der Waals surface area contributed by atoms with Crippen LogP contribution in [0.15, 0.2) is 67.4 Å². The van der Waals surface area contributed by atoms with Gasteiger partial charge < -0.3 is 14.4 Å². The second kappa shape index (κ2) is 11.3. The van der Waals surface area contributed by atoms with Crippen LogP contribution in [0, 0.1) is 17.8 Å². The summed E-state index contributed by atoms with van der Waals surface area (Å²) in [4.78, 5) is 19.8. The van der Waals surface area contributed by atoms with Crippen molar-refractivity contribution in [2.45, 2.75) is 58.1 Å². The number of methoxy groups -OCH3 is 1. The quantitative estimate of drug-likeness (QED) is 0.311. The molecule has 3 fully saturated rings. The zero-order chi connectivity index (χ0) is 26.8. The maximum Gasteiger partial charge on any atom is 0.313 e. The third kappa shape index (κ3) is 5.35. The van der Waals surface area contributed by atoms with Crippen molar-refractivity contribution in [3.63, 3.8) is 0 Å². The fourth-order valence-corrected chi connectivity index (χ4v) is 6.55. The van der Waals surface area contributed by atoms with Crippen molar-refractivity contribution in [3.8, 4) is 5.75 Å². The van der Waals surface area contributed by atoms with Gasteiger partial charge in [0.15, 0.2) is 6.10 Å². The first-order valence-corrected chi connectivity index (χ1v) is 14.1. The number of carbonyl (C=O) groups is 1. The molecule has 2 aromatic carbocycles. The molecule has 6 atom stereocenters. The predicted octanol–water partition coefficient (Wildman–Crippen LogP) is 5.31. The van der Waals surface area contributed by atoms with E-state index in [0.717, 1.165) is 53.7 Å². The molecule has 4 heterocycles. The van der Waals surface area contributed by atoms with Crippen molar-refractivity contribution in [3.05, 3.63) is 84.1 Å². The van der Waals surface area contributed by atoms with E-state index in [2.05, 4.69) is 55.8 Å². The molecular formula is C33H41N2O3+. The topological polar surface area (TPSA) is 52.9 Å². The van der Waals surface area contributed by atoms with Crippen molar-refractivity contribution in [2.75, 3.05) is 20.2 Å². The Balaban J connectivity index is 1.47. The molecule has 200 valence electrons. The number of aromatic nitrogens is 1. The highest BCUT2D eigenvalue weighted by Gasteiger charge is 2.48. The van der Waals surface area contributed by atoms with Crippen LogP contribution in [0.3, 0.4) is 0 Å². The van der Waals surface area contributed by atoms with Gasteiger partial charge in [0, 0.05) is 35.9 Å². The Labute approximate surface area is 226 Å². The molecule has 3 aliphatic rings. The van der Waals surface area contributed by atoms with E-state index in [1.165, 1.54) is 16.9 Å². The molecule has 5 nitrogen and oxygen atoms in total. The average molecular weight is 514 g/mol. The number of ether oxygens (including phenoxy) is 2. The van der Waals surface area contributed by atoms with Gasteiger partial charge in [-0.25, -0.2) is 0 Å². The highest BCUT2D eigenvalue weighted by molar-refractivity contribution is 5.85. The minimum absolute atomic E-state index is 0.179. The van der Waals surface area contributed by atoms with E-state index >= 15 is 0 Å². The van der Waals surface area contributed by atoms with Crippen molar-refractivity contribution >= 4 is 16.9 Å².